The number of aliphatic hydroxyl groups is 2. The van der Waals surface area contributed by atoms with Gasteiger partial charge in [0.2, 0.25) is 15.9 Å². The van der Waals surface area contributed by atoms with Crippen molar-refractivity contribution in [3.8, 4) is 5.75 Å². The van der Waals surface area contributed by atoms with Crippen LogP contribution in [0.2, 0.25) is 5.02 Å². The Bertz CT molecular complexity index is 1160. The number of methoxy groups -OCH3 is 1. The van der Waals surface area contributed by atoms with Gasteiger partial charge >= 0.3 is 0 Å². The van der Waals surface area contributed by atoms with E-state index < -0.39 is 34.4 Å². The molecule has 0 bridgehead atoms. The fraction of sp³-hybridized carbons (Fsp3) is 0.458. The van der Waals surface area contributed by atoms with E-state index in [1.807, 2.05) is 24.3 Å². The molecule has 4 rings (SSSR count). The Kier molecular flexibility index (Phi) is 8.38. The van der Waals surface area contributed by atoms with Crippen LogP contribution in [0.1, 0.15) is 6.42 Å². The molecule has 36 heavy (non-hydrogen) atoms. The maximum absolute atomic E-state index is 12.9. The molecule has 0 saturated carbocycles. The summed E-state index contributed by atoms with van der Waals surface area (Å²) < 4.78 is 38.5. The standard InChI is InChI=1S/C24H30ClN3O7S/c1-34-19-5-3-2-4-18(19)27-10-12-28(13-11-27)22(29)14-20-23(30)24(31)21(35-20)15-26-36(32,33)17-8-6-16(25)7-9-17/h2-9,20-21,23-24,26,30-31H,10-15H2,1H3/t20-,21+,23-,24+/m0/s1. The zero-order valence-electron chi connectivity index (χ0n) is 19.8. The predicted molar refractivity (Wildman–Crippen MR) is 134 cm³/mol. The van der Waals surface area contributed by atoms with Gasteiger partial charge < -0.3 is 29.5 Å². The zero-order valence-corrected chi connectivity index (χ0v) is 21.4. The molecule has 2 aliphatic heterocycles. The second-order valence-electron chi connectivity index (χ2n) is 8.74. The SMILES string of the molecule is COc1ccccc1N1CCN(C(=O)C[C@@H]2O[C@H](CNS(=O)(=O)c3ccc(Cl)cc3)[C@@H](O)[C@H]2O)CC1. The molecule has 1 amide bonds. The lowest BCUT2D eigenvalue weighted by atomic mass is 10.0. The van der Waals surface area contributed by atoms with Gasteiger partial charge in [-0.1, -0.05) is 23.7 Å². The van der Waals surface area contributed by atoms with E-state index >= 15 is 0 Å². The largest absolute Gasteiger partial charge is 0.495 e. The summed E-state index contributed by atoms with van der Waals surface area (Å²) in [6.45, 7) is 1.97. The lowest BCUT2D eigenvalue weighted by molar-refractivity contribution is -0.135. The van der Waals surface area contributed by atoms with Crippen LogP contribution >= 0.6 is 11.6 Å². The van der Waals surface area contributed by atoms with Gasteiger partial charge in [0.25, 0.3) is 0 Å². The number of carbonyl (C=O) groups is 1. The molecule has 0 aliphatic carbocycles. The van der Waals surface area contributed by atoms with Gasteiger partial charge in [-0.05, 0) is 36.4 Å². The summed E-state index contributed by atoms with van der Waals surface area (Å²) >= 11 is 5.80. The molecule has 0 spiro atoms. The first-order valence-electron chi connectivity index (χ1n) is 11.6. The van der Waals surface area contributed by atoms with Gasteiger partial charge in [0.15, 0.2) is 0 Å². The lowest BCUT2D eigenvalue weighted by Gasteiger charge is -2.37. The van der Waals surface area contributed by atoms with Crippen molar-refractivity contribution in [1.29, 1.82) is 0 Å². The second-order valence-corrected chi connectivity index (χ2v) is 10.9. The molecule has 2 saturated heterocycles. The molecule has 2 aromatic carbocycles. The summed E-state index contributed by atoms with van der Waals surface area (Å²) in [6.07, 6.45) is -4.70. The number of sulfonamides is 1. The first-order valence-corrected chi connectivity index (χ1v) is 13.5. The van der Waals surface area contributed by atoms with Gasteiger partial charge in [-0.3, -0.25) is 4.79 Å². The number of benzene rings is 2. The van der Waals surface area contributed by atoms with Crippen molar-refractivity contribution in [2.24, 2.45) is 0 Å². The third-order valence-electron chi connectivity index (χ3n) is 6.49. The van der Waals surface area contributed by atoms with Crippen LogP contribution in [0.25, 0.3) is 0 Å². The third kappa shape index (κ3) is 5.93. The van der Waals surface area contributed by atoms with Crippen molar-refractivity contribution in [1.82, 2.24) is 9.62 Å². The molecule has 0 unspecified atom stereocenters. The smallest absolute Gasteiger partial charge is 0.240 e. The second kappa shape index (κ2) is 11.3. The maximum Gasteiger partial charge on any atom is 0.240 e. The first-order chi connectivity index (χ1) is 17.2. The lowest BCUT2D eigenvalue weighted by Crippen LogP contribution is -2.50. The summed E-state index contributed by atoms with van der Waals surface area (Å²) in [6, 6.07) is 13.3. The number of piperazine rings is 1. The molecular weight excluding hydrogens is 510 g/mol. The molecule has 2 fully saturated rings. The number of anilines is 1. The normalized spacial score (nSPS) is 24.7. The number of hydrogen-bond acceptors (Lipinski definition) is 8. The van der Waals surface area contributed by atoms with Crippen molar-refractivity contribution >= 4 is 33.2 Å². The van der Waals surface area contributed by atoms with Crippen molar-refractivity contribution < 1.29 is 32.9 Å². The number of carbonyl (C=O) groups excluding carboxylic acids is 1. The number of amides is 1. The van der Waals surface area contributed by atoms with Crippen molar-refractivity contribution in [2.75, 3.05) is 44.7 Å². The Hall–Kier alpha value is -2.41. The van der Waals surface area contributed by atoms with Gasteiger partial charge in [-0.2, -0.15) is 0 Å². The van der Waals surface area contributed by atoms with Crippen LogP contribution in [0.5, 0.6) is 5.75 Å². The van der Waals surface area contributed by atoms with Crippen LogP contribution in [-0.4, -0.2) is 93.7 Å². The van der Waals surface area contributed by atoms with Crippen LogP contribution in [0.15, 0.2) is 53.4 Å². The van der Waals surface area contributed by atoms with E-state index in [1.54, 1.807) is 12.0 Å². The molecule has 4 atom stereocenters. The van der Waals surface area contributed by atoms with Crippen molar-refractivity contribution in [3.63, 3.8) is 0 Å². The number of rotatable bonds is 8. The van der Waals surface area contributed by atoms with E-state index in [1.165, 1.54) is 24.3 Å². The highest BCUT2D eigenvalue weighted by Crippen LogP contribution is 2.29. The molecule has 0 aromatic heterocycles. The molecule has 3 N–H and O–H groups in total. The number of para-hydroxylation sites is 2. The minimum Gasteiger partial charge on any atom is -0.495 e. The number of aliphatic hydroxyl groups excluding tert-OH is 2. The Labute approximate surface area is 215 Å². The first kappa shape index (κ1) is 26.6. The molecule has 196 valence electrons. The van der Waals surface area contributed by atoms with Gasteiger partial charge in [-0.15, -0.1) is 0 Å². The number of nitrogens with one attached hydrogen (secondary N) is 1. The third-order valence-corrected chi connectivity index (χ3v) is 8.19. The number of nitrogens with zero attached hydrogens (tertiary/aromatic N) is 2. The Morgan fingerprint density at radius 1 is 1.06 bits per heavy atom. The highest BCUT2D eigenvalue weighted by atomic mass is 35.5. The van der Waals surface area contributed by atoms with E-state index in [-0.39, 0.29) is 23.8 Å². The highest BCUT2D eigenvalue weighted by Gasteiger charge is 2.44. The zero-order chi connectivity index (χ0) is 25.9. The minimum absolute atomic E-state index is 0.0129. The topological polar surface area (TPSA) is 129 Å². The quantitative estimate of drug-likeness (QED) is 0.450. The van der Waals surface area contributed by atoms with Crippen LogP contribution in [0, 0.1) is 0 Å². The number of halogens is 1. The number of ether oxygens (including phenoxy) is 2. The molecule has 12 heteroatoms. The molecule has 2 aromatic rings. The summed E-state index contributed by atoms with van der Waals surface area (Å²) in [4.78, 5) is 16.8. The minimum atomic E-state index is -3.87. The molecule has 2 aliphatic rings. The van der Waals surface area contributed by atoms with Crippen molar-refractivity contribution in [2.45, 2.75) is 35.7 Å². The van der Waals surface area contributed by atoms with Crippen LogP contribution < -0.4 is 14.4 Å². The van der Waals surface area contributed by atoms with Gasteiger partial charge in [0.05, 0.1) is 30.2 Å². The van der Waals surface area contributed by atoms with E-state index in [9.17, 15) is 23.4 Å². The fourth-order valence-electron chi connectivity index (χ4n) is 4.44. The summed E-state index contributed by atoms with van der Waals surface area (Å²) in [7, 11) is -2.25. The molecule has 2 heterocycles. The molecular formula is C24H30ClN3O7S. The average molecular weight is 540 g/mol. The fourth-order valence-corrected chi connectivity index (χ4v) is 5.61. The van der Waals surface area contributed by atoms with E-state index in [2.05, 4.69) is 9.62 Å². The Morgan fingerprint density at radius 3 is 2.36 bits per heavy atom. The monoisotopic (exact) mass is 539 g/mol. The summed E-state index contributed by atoms with van der Waals surface area (Å²) in [5.74, 6) is 0.569. The van der Waals surface area contributed by atoms with Crippen LogP contribution in [0.4, 0.5) is 5.69 Å². The van der Waals surface area contributed by atoms with Crippen molar-refractivity contribution in [3.05, 3.63) is 53.6 Å². The predicted octanol–water partition coefficient (Wildman–Crippen LogP) is 0.855. The Morgan fingerprint density at radius 2 is 1.69 bits per heavy atom. The Balaban J connectivity index is 1.29. The van der Waals surface area contributed by atoms with Gasteiger partial charge in [0, 0.05) is 37.7 Å². The van der Waals surface area contributed by atoms with E-state index in [4.69, 9.17) is 21.1 Å². The summed E-state index contributed by atoms with van der Waals surface area (Å²) in [5, 5.41) is 21.2. The maximum atomic E-state index is 12.9. The van der Waals surface area contributed by atoms with Gasteiger partial charge in [0.1, 0.15) is 24.1 Å². The average Bonchev–Trinajstić information content (AvgIpc) is 3.15. The molecule has 10 nitrogen and oxygen atoms in total. The van der Waals surface area contributed by atoms with Crippen LogP contribution in [-0.2, 0) is 19.6 Å². The molecule has 0 radical (unpaired) electrons. The number of hydrogen-bond donors (Lipinski definition) is 3. The van der Waals surface area contributed by atoms with E-state index in [0.717, 1.165) is 11.4 Å². The van der Waals surface area contributed by atoms with Crippen LogP contribution in [0.3, 0.4) is 0 Å². The highest BCUT2D eigenvalue weighted by molar-refractivity contribution is 7.89. The summed E-state index contributed by atoms with van der Waals surface area (Å²) in [5.41, 5.74) is 0.966. The van der Waals surface area contributed by atoms with E-state index in [0.29, 0.717) is 31.2 Å². The van der Waals surface area contributed by atoms with Gasteiger partial charge in [-0.25, -0.2) is 13.1 Å².